The monoisotopic (exact) mass is 224 g/mol. The Morgan fingerprint density at radius 1 is 1.44 bits per heavy atom. The van der Waals surface area contributed by atoms with Gasteiger partial charge in [-0.2, -0.15) is 0 Å². The largest absolute Gasteiger partial charge is 0.388 e. The van der Waals surface area contributed by atoms with Crippen LogP contribution < -0.4 is 0 Å². The van der Waals surface area contributed by atoms with Gasteiger partial charge in [-0.25, -0.2) is 4.98 Å². The lowest BCUT2D eigenvalue weighted by atomic mass is 10.1. The summed E-state index contributed by atoms with van der Waals surface area (Å²) < 4.78 is 2.07. The maximum Gasteiger partial charge on any atom is 0.0952 e. The van der Waals surface area contributed by atoms with Crippen LogP contribution in [0, 0.1) is 6.92 Å². The molecule has 0 aromatic carbocycles. The number of rotatable bonds is 3. The lowest BCUT2D eigenvalue weighted by Crippen LogP contribution is -2.17. The molecule has 3 heteroatoms. The van der Waals surface area contributed by atoms with Gasteiger partial charge in [0.2, 0.25) is 0 Å². The molecule has 1 aliphatic carbocycles. The molecule has 0 bridgehead atoms. The van der Waals surface area contributed by atoms with Crippen LogP contribution in [0.25, 0.3) is 0 Å². The summed E-state index contributed by atoms with van der Waals surface area (Å²) >= 11 is 0. The van der Waals surface area contributed by atoms with Crippen LogP contribution in [0.5, 0.6) is 0 Å². The van der Waals surface area contributed by atoms with Crippen molar-refractivity contribution in [3.63, 3.8) is 0 Å². The quantitative estimate of drug-likeness (QED) is 0.857. The first-order valence-electron chi connectivity index (χ1n) is 6.26. The molecule has 0 spiro atoms. The zero-order chi connectivity index (χ0) is 12.3. The van der Waals surface area contributed by atoms with Crippen molar-refractivity contribution in [2.75, 3.05) is 0 Å². The fourth-order valence-corrected chi connectivity index (χ4v) is 1.80. The normalized spacial score (nSPS) is 16.9. The van der Waals surface area contributed by atoms with Crippen LogP contribution in [0.3, 0.4) is 0 Å². The number of nitrogens with zero attached hydrogens (tertiary/aromatic N) is 2. The summed E-state index contributed by atoms with van der Waals surface area (Å²) in [6.07, 6.45) is 3.71. The fraction of sp³-hybridized carbons (Fsp3) is 0.769. The second kappa shape index (κ2) is 5.00. The van der Waals surface area contributed by atoms with Gasteiger partial charge < -0.3 is 9.67 Å². The Morgan fingerprint density at radius 3 is 2.38 bits per heavy atom. The van der Waals surface area contributed by atoms with E-state index in [0.29, 0.717) is 12.5 Å². The second-order valence-electron chi connectivity index (χ2n) is 4.72. The summed E-state index contributed by atoms with van der Waals surface area (Å²) in [7, 11) is 0. The molecule has 1 fully saturated rings. The van der Waals surface area contributed by atoms with Crippen molar-refractivity contribution in [2.24, 2.45) is 0 Å². The number of imidazole rings is 1. The van der Waals surface area contributed by atoms with Crippen molar-refractivity contribution in [3.05, 3.63) is 17.7 Å². The van der Waals surface area contributed by atoms with Crippen molar-refractivity contribution in [1.29, 1.82) is 0 Å². The topological polar surface area (TPSA) is 38.0 Å². The van der Waals surface area contributed by atoms with Gasteiger partial charge >= 0.3 is 0 Å². The Hall–Kier alpha value is -0.830. The average Bonchev–Trinajstić information content (AvgIpc) is 2.86. The summed E-state index contributed by atoms with van der Waals surface area (Å²) in [5.74, 6) is 0.463. The Bertz CT molecular complexity index is 338. The molecular formula is C13H24N2O. The van der Waals surface area contributed by atoms with E-state index in [1.807, 2.05) is 20.2 Å². The van der Waals surface area contributed by atoms with Crippen molar-refractivity contribution in [2.45, 2.75) is 65.5 Å². The highest BCUT2D eigenvalue weighted by Gasteiger charge is 2.40. The van der Waals surface area contributed by atoms with Crippen molar-refractivity contribution in [3.8, 4) is 0 Å². The molecule has 1 N–H and O–H groups in total. The second-order valence-corrected chi connectivity index (χ2v) is 4.72. The van der Waals surface area contributed by atoms with Gasteiger partial charge in [0.1, 0.15) is 0 Å². The minimum absolute atomic E-state index is 0.431. The van der Waals surface area contributed by atoms with E-state index >= 15 is 0 Å². The van der Waals surface area contributed by atoms with Crippen LogP contribution in [-0.2, 0) is 6.54 Å². The van der Waals surface area contributed by atoms with Gasteiger partial charge in [0, 0.05) is 5.69 Å². The van der Waals surface area contributed by atoms with Gasteiger partial charge in [-0.05, 0) is 25.7 Å². The molecule has 16 heavy (non-hydrogen) atoms. The zero-order valence-electron chi connectivity index (χ0n) is 11.1. The van der Waals surface area contributed by atoms with E-state index in [1.165, 1.54) is 5.69 Å². The average molecular weight is 224 g/mol. The highest BCUT2D eigenvalue weighted by Crippen LogP contribution is 2.37. The molecule has 0 unspecified atom stereocenters. The van der Waals surface area contributed by atoms with Crippen LogP contribution >= 0.6 is 0 Å². The molecule has 1 aliphatic rings. The fourth-order valence-electron chi connectivity index (χ4n) is 1.80. The minimum Gasteiger partial charge on any atom is -0.388 e. The summed E-state index contributed by atoms with van der Waals surface area (Å²) in [5.41, 5.74) is 1.91. The van der Waals surface area contributed by atoms with Crippen molar-refractivity contribution in [1.82, 2.24) is 9.55 Å². The van der Waals surface area contributed by atoms with Gasteiger partial charge in [-0.15, -0.1) is 0 Å². The van der Waals surface area contributed by atoms with Crippen molar-refractivity contribution < 1.29 is 5.11 Å². The molecule has 3 nitrogen and oxygen atoms in total. The number of aromatic nitrogens is 2. The van der Waals surface area contributed by atoms with E-state index in [4.69, 9.17) is 0 Å². The number of hydrogen-bond donors (Lipinski definition) is 1. The maximum atomic E-state index is 9.81. The molecule has 1 saturated carbocycles. The summed E-state index contributed by atoms with van der Waals surface area (Å²) in [5, 5.41) is 9.81. The van der Waals surface area contributed by atoms with Gasteiger partial charge in [0.05, 0.1) is 24.2 Å². The summed E-state index contributed by atoms with van der Waals surface area (Å²) in [4.78, 5) is 4.38. The number of hydrogen-bond acceptors (Lipinski definition) is 2. The van der Waals surface area contributed by atoms with Crippen LogP contribution in [0.15, 0.2) is 6.33 Å². The van der Waals surface area contributed by atoms with Gasteiger partial charge in [0.15, 0.2) is 0 Å². The third kappa shape index (κ3) is 2.85. The molecule has 1 heterocycles. The maximum absolute atomic E-state index is 9.81. The predicted octanol–water partition coefficient (Wildman–Crippen LogP) is 2.87. The Labute approximate surface area is 98.5 Å². The minimum atomic E-state index is -0.431. The summed E-state index contributed by atoms with van der Waals surface area (Å²) in [6.45, 7) is 11.1. The van der Waals surface area contributed by atoms with E-state index < -0.39 is 5.60 Å². The molecule has 92 valence electrons. The van der Waals surface area contributed by atoms with Crippen LogP contribution in [0.2, 0.25) is 0 Å². The molecule has 0 atom stereocenters. The van der Waals surface area contributed by atoms with Gasteiger partial charge in [0.25, 0.3) is 0 Å². The third-order valence-electron chi connectivity index (χ3n) is 2.98. The van der Waals surface area contributed by atoms with E-state index in [2.05, 4.69) is 30.3 Å². The molecule has 1 aromatic rings. The highest BCUT2D eigenvalue weighted by molar-refractivity contribution is 5.15. The molecule has 0 saturated heterocycles. The first kappa shape index (κ1) is 13.2. The van der Waals surface area contributed by atoms with Gasteiger partial charge in [-0.1, -0.05) is 27.7 Å². The molecule has 1 aromatic heterocycles. The van der Waals surface area contributed by atoms with E-state index in [9.17, 15) is 5.11 Å². The molecular weight excluding hydrogens is 200 g/mol. The lowest BCUT2D eigenvalue weighted by molar-refractivity contribution is 0.128. The van der Waals surface area contributed by atoms with E-state index in [-0.39, 0.29) is 0 Å². The Kier molecular flexibility index (Phi) is 4.14. The molecule has 0 radical (unpaired) electrons. The Morgan fingerprint density at radius 2 is 2.00 bits per heavy atom. The van der Waals surface area contributed by atoms with Crippen LogP contribution in [0.1, 0.15) is 57.8 Å². The van der Waals surface area contributed by atoms with Crippen molar-refractivity contribution >= 4 is 0 Å². The summed E-state index contributed by atoms with van der Waals surface area (Å²) in [6, 6.07) is 0. The molecule has 0 aliphatic heterocycles. The SMILES string of the molecule is CC.Cc1c(C(C)C)ncn1CC1(O)CC1. The van der Waals surface area contributed by atoms with Crippen LogP contribution in [-0.4, -0.2) is 20.3 Å². The predicted molar refractivity (Wildman–Crippen MR) is 66.6 cm³/mol. The van der Waals surface area contributed by atoms with Crippen LogP contribution in [0.4, 0.5) is 0 Å². The third-order valence-corrected chi connectivity index (χ3v) is 2.98. The first-order chi connectivity index (χ1) is 7.52. The standard InChI is InChI=1S/C11H18N2O.C2H6/c1-8(2)10-9(3)13(7-12-10)6-11(14)4-5-11;1-2/h7-8,14H,4-6H2,1-3H3;1-2H3. The van der Waals surface area contributed by atoms with Gasteiger partial charge in [-0.3, -0.25) is 0 Å². The zero-order valence-corrected chi connectivity index (χ0v) is 11.1. The molecule has 2 rings (SSSR count). The lowest BCUT2D eigenvalue weighted by Gasteiger charge is -2.11. The van der Waals surface area contributed by atoms with E-state index in [0.717, 1.165) is 18.5 Å². The first-order valence-corrected chi connectivity index (χ1v) is 6.26. The number of aliphatic hydroxyl groups is 1. The highest BCUT2D eigenvalue weighted by atomic mass is 16.3. The van der Waals surface area contributed by atoms with E-state index in [1.54, 1.807) is 0 Å². The Balaban J connectivity index is 0.000000606. The smallest absolute Gasteiger partial charge is 0.0952 e. The molecule has 0 amide bonds.